The Balaban J connectivity index is 1.70. The number of carbonyl (C=O) groups excluding carboxylic acids is 1. The summed E-state index contributed by atoms with van der Waals surface area (Å²) in [4.78, 5) is 35.2. The first kappa shape index (κ1) is 16.7. The third-order valence-electron chi connectivity index (χ3n) is 5.56. The molecular weight excluding hydrogens is 358 g/mol. The topological polar surface area (TPSA) is 71.9 Å². The lowest BCUT2D eigenvalue weighted by Crippen LogP contribution is -2.40. The van der Waals surface area contributed by atoms with Crippen molar-refractivity contribution in [3.8, 4) is 11.5 Å². The van der Waals surface area contributed by atoms with Gasteiger partial charge >= 0.3 is 0 Å². The highest BCUT2D eigenvalue weighted by Crippen LogP contribution is 2.41. The van der Waals surface area contributed by atoms with E-state index in [0.29, 0.717) is 23.7 Å². The predicted molar refractivity (Wildman–Crippen MR) is 106 cm³/mol. The molecule has 1 atom stereocenters. The molecule has 7 heteroatoms. The minimum atomic E-state index is 0.0400. The Hall–Kier alpha value is -2.41. The van der Waals surface area contributed by atoms with Crippen LogP contribution in [0.15, 0.2) is 18.6 Å². The van der Waals surface area contributed by atoms with Gasteiger partial charge in [-0.2, -0.15) is 0 Å². The highest BCUT2D eigenvalue weighted by molar-refractivity contribution is 7.19. The Labute approximate surface area is 161 Å². The van der Waals surface area contributed by atoms with Gasteiger partial charge in [-0.15, -0.1) is 11.3 Å². The summed E-state index contributed by atoms with van der Waals surface area (Å²) in [6.45, 7) is 3.45. The number of hydrogen-bond donors (Lipinski definition) is 0. The highest BCUT2D eigenvalue weighted by atomic mass is 32.1. The zero-order chi connectivity index (χ0) is 18.4. The number of Topliss-reactive ketones (excluding diaryl/α,β-unsaturated/α-hetero) is 1. The lowest BCUT2D eigenvalue weighted by Gasteiger charge is -2.32. The molecule has 0 N–H and O–H groups in total. The molecule has 2 aliphatic rings. The molecule has 0 amide bonds. The van der Waals surface area contributed by atoms with Crippen molar-refractivity contribution in [1.82, 2.24) is 19.9 Å². The van der Waals surface area contributed by atoms with E-state index in [-0.39, 0.29) is 5.92 Å². The van der Waals surface area contributed by atoms with Gasteiger partial charge in [0.2, 0.25) is 0 Å². The average molecular weight is 379 g/mol. The fourth-order valence-corrected chi connectivity index (χ4v) is 5.36. The Morgan fingerprint density at radius 3 is 2.85 bits per heavy atom. The molecule has 4 heterocycles. The van der Waals surface area contributed by atoms with Gasteiger partial charge < -0.3 is 4.90 Å². The Kier molecular flexibility index (Phi) is 4.11. The van der Waals surface area contributed by atoms with Gasteiger partial charge in [0.1, 0.15) is 22.1 Å². The first-order valence-corrected chi connectivity index (χ1v) is 10.4. The quantitative estimate of drug-likeness (QED) is 0.679. The molecule has 5 rings (SSSR count). The Bertz CT molecular complexity index is 1020. The smallest absolute Gasteiger partial charge is 0.183 e. The van der Waals surface area contributed by atoms with Gasteiger partial charge in [-0.1, -0.05) is 6.92 Å². The van der Waals surface area contributed by atoms with E-state index in [2.05, 4.69) is 14.9 Å². The molecule has 3 aromatic rings. The summed E-state index contributed by atoms with van der Waals surface area (Å²) in [5.41, 5.74) is 2.11. The second kappa shape index (κ2) is 6.64. The van der Waals surface area contributed by atoms with E-state index in [1.54, 1.807) is 29.9 Å². The van der Waals surface area contributed by atoms with E-state index in [1.807, 2.05) is 6.92 Å². The third-order valence-corrected chi connectivity index (χ3v) is 6.75. The van der Waals surface area contributed by atoms with Crippen LogP contribution in [-0.4, -0.2) is 38.8 Å². The lowest BCUT2D eigenvalue weighted by atomic mass is 9.95. The number of piperidine rings is 1. The van der Waals surface area contributed by atoms with Crippen LogP contribution in [0.3, 0.4) is 0 Å². The summed E-state index contributed by atoms with van der Waals surface area (Å²) in [6.07, 6.45) is 10.3. The average Bonchev–Trinajstić information content (AvgIpc) is 3.08. The maximum absolute atomic E-state index is 12.0. The van der Waals surface area contributed by atoms with Gasteiger partial charge in [-0.3, -0.25) is 9.78 Å². The van der Waals surface area contributed by atoms with E-state index in [1.165, 1.54) is 28.7 Å². The second-order valence-electron chi connectivity index (χ2n) is 7.42. The van der Waals surface area contributed by atoms with E-state index in [9.17, 15) is 4.79 Å². The molecule has 0 spiro atoms. The number of thiophene rings is 1. The first-order chi connectivity index (χ1) is 13.2. The van der Waals surface area contributed by atoms with Crippen LogP contribution >= 0.6 is 11.3 Å². The van der Waals surface area contributed by atoms with Crippen LogP contribution in [0, 0.1) is 5.92 Å². The molecule has 0 aromatic carbocycles. The molecule has 1 aliphatic heterocycles. The standard InChI is InChI=1S/C20H21N5OS/c1-12-11-25(9-6-15(12)26)19-17-13-4-2-3-5-16(13)27-20(17)24-18(23-19)14-10-21-7-8-22-14/h7-8,10,12H,2-6,9,11H2,1H3. The normalized spacial score (nSPS) is 20.1. The van der Waals surface area contributed by atoms with Crippen LogP contribution in [0.25, 0.3) is 21.7 Å². The number of carbonyl (C=O) groups is 1. The highest BCUT2D eigenvalue weighted by Gasteiger charge is 2.29. The summed E-state index contributed by atoms with van der Waals surface area (Å²) in [5, 5.41) is 1.20. The molecular formula is C20H21N5OS. The van der Waals surface area contributed by atoms with Crippen molar-refractivity contribution >= 4 is 33.2 Å². The minimum Gasteiger partial charge on any atom is -0.355 e. The van der Waals surface area contributed by atoms with Gasteiger partial charge in [0.25, 0.3) is 0 Å². The van der Waals surface area contributed by atoms with Gasteiger partial charge in [-0.05, 0) is 31.2 Å². The number of rotatable bonds is 2. The van der Waals surface area contributed by atoms with E-state index >= 15 is 0 Å². The van der Waals surface area contributed by atoms with Gasteiger partial charge in [0, 0.05) is 42.7 Å². The Morgan fingerprint density at radius 2 is 2.04 bits per heavy atom. The fraction of sp³-hybridized carbons (Fsp3) is 0.450. The maximum Gasteiger partial charge on any atom is 0.183 e. The number of ketones is 1. The van der Waals surface area contributed by atoms with Crippen molar-refractivity contribution in [2.45, 2.75) is 39.0 Å². The van der Waals surface area contributed by atoms with E-state index in [0.717, 1.165) is 36.6 Å². The zero-order valence-electron chi connectivity index (χ0n) is 15.3. The SMILES string of the molecule is CC1CN(c2nc(-c3cnccn3)nc3sc4c(c23)CCCC4)CCC1=O. The number of aryl methyl sites for hydroxylation is 2. The lowest BCUT2D eigenvalue weighted by molar-refractivity contribution is -0.122. The third kappa shape index (κ3) is 2.90. The molecule has 1 aliphatic carbocycles. The van der Waals surface area contributed by atoms with Crippen molar-refractivity contribution in [1.29, 1.82) is 0 Å². The zero-order valence-corrected chi connectivity index (χ0v) is 16.1. The number of nitrogens with zero attached hydrogens (tertiary/aromatic N) is 5. The summed E-state index contributed by atoms with van der Waals surface area (Å²) in [5.74, 6) is 1.98. The van der Waals surface area contributed by atoms with Crippen molar-refractivity contribution in [3.05, 3.63) is 29.0 Å². The van der Waals surface area contributed by atoms with Crippen LogP contribution in [-0.2, 0) is 17.6 Å². The monoisotopic (exact) mass is 379 g/mol. The van der Waals surface area contributed by atoms with Crippen LogP contribution in [0.1, 0.15) is 36.6 Å². The number of anilines is 1. The van der Waals surface area contributed by atoms with Crippen molar-refractivity contribution in [2.75, 3.05) is 18.0 Å². The van der Waals surface area contributed by atoms with Crippen LogP contribution in [0.5, 0.6) is 0 Å². The maximum atomic E-state index is 12.0. The van der Waals surface area contributed by atoms with Crippen molar-refractivity contribution in [3.63, 3.8) is 0 Å². The molecule has 27 heavy (non-hydrogen) atoms. The van der Waals surface area contributed by atoms with Gasteiger partial charge in [0.05, 0.1) is 11.6 Å². The van der Waals surface area contributed by atoms with Crippen LogP contribution in [0.4, 0.5) is 5.82 Å². The van der Waals surface area contributed by atoms with E-state index in [4.69, 9.17) is 9.97 Å². The van der Waals surface area contributed by atoms with Crippen LogP contribution in [0.2, 0.25) is 0 Å². The molecule has 0 saturated carbocycles. The van der Waals surface area contributed by atoms with Crippen molar-refractivity contribution < 1.29 is 4.79 Å². The largest absolute Gasteiger partial charge is 0.355 e. The molecule has 0 bridgehead atoms. The predicted octanol–water partition coefficient (Wildman–Crippen LogP) is 3.44. The molecule has 1 fully saturated rings. The minimum absolute atomic E-state index is 0.0400. The van der Waals surface area contributed by atoms with Gasteiger partial charge in [-0.25, -0.2) is 15.0 Å². The summed E-state index contributed by atoms with van der Waals surface area (Å²) in [6, 6.07) is 0. The van der Waals surface area contributed by atoms with Crippen molar-refractivity contribution in [2.24, 2.45) is 5.92 Å². The summed E-state index contributed by atoms with van der Waals surface area (Å²) in [7, 11) is 0. The fourth-order valence-electron chi connectivity index (χ4n) is 4.10. The number of hydrogen-bond acceptors (Lipinski definition) is 7. The van der Waals surface area contributed by atoms with E-state index < -0.39 is 0 Å². The molecule has 1 unspecified atom stereocenters. The Morgan fingerprint density at radius 1 is 1.15 bits per heavy atom. The molecule has 6 nitrogen and oxygen atoms in total. The second-order valence-corrected chi connectivity index (χ2v) is 8.50. The summed E-state index contributed by atoms with van der Waals surface area (Å²) < 4.78 is 0. The first-order valence-electron chi connectivity index (χ1n) is 9.57. The number of fused-ring (bicyclic) bond motifs is 3. The molecule has 138 valence electrons. The molecule has 0 radical (unpaired) electrons. The number of aromatic nitrogens is 4. The molecule has 3 aromatic heterocycles. The summed E-state index contributed by atoms with van der Waals surface area (Å²) >= 11 is 1.80. The van der Waals surface area contributed by atoms with Crippen LogP contribution < -0.4 is 4.90 Å². The molecule has 1 saturated heterocycles. The van der Waals surface area contributed by atoms with Gasteiger partial charge in [0.15, 0.2) is 5.82 Å².